The van der Waals surface area contributed by atoms with Crippen LogP contribution in [0.2, 0.25) is 0 Å². The molecule has 0 radical (unpaired) electrons. The molecule has 6 rings (SSSR count). The predicted octanol–water partition coefficient (Wildman–Crippen LogP) is 16.3. The van der Waals surface area contributed by atoms with E-state index in [0.717, 1.165) is 0 Å². The molecule has 0 saturated heterocycles. The van der Waals surface area contributed by atoms with E-state index >= 15 is 0 Å². The van der Waals surface area contributed by atoms with Crippen LogP contribution >= 0.6 is 8.07 Å². The van der Waals surface area contributed by atoms with Crippen molar-refractivity contribution < 1.29 is 0 Å². The van der Waals surface area contributed by atoms with Crippen LogP contribution in [-0.2, 0) is 43.3 Å². The standard InChI is InChI=1S/C56H90BP/c1-17-49(18-2)35-53(25-9,26-10)43-39(49)33-40-44(54(27-11,28-12)36-50(40,19-3)20-4)47(43)57-58-48-45-41(51(21-5,22-6)37-55(45,29-13)30-14)34-42-46(48)56(31-15,32-16)38-52(42,23-7)24-8/h33-34H,17-32,35-38H2,1-16H3. The Labute approximate surface area is 363 Å². The molecule has 0 bridgehead atoms. The fourth-order valence-electron chi connectivity index (χ4n) is 15.9. The maximum atomic E-state index is 2.96. The first kappa shape index (κ1) is 46.3. The van der Waals surface area contributed by atoms with Crippen molar-refractivity contribution in [2.75, 3.05) is 0 Å². The van der Waals surface area contributed by atoms with Gasteiger partial charge in [0.2, 0.25) is 0 Å². The van der Waals surface area contributed by atoms with Crippen molar-refractivity contribution in [3.05, 3.63) is 56.6 Å². The van der Waals surface area contributed by atoms with Crippen LogP contribution in [0.1, 0.15) is 284 Å². The third kappa shape index (κ3) is 5.91. The van der Waals surface area contributed by atoms with Gasteiger partial charge in [-0.3, -0.25) is 0 Å². The summed E-state index contributed by atoms with van der Waals surface area (Å²) in [6.07, 6.45) is 25.4. The van der Waals surface area contributed by atoms with Gasteiger partial charge in [-0.25, -0.2) is 0 Å². The molecule has 58 heavy (non-hydrogen) atoms. The van der Waals surface area contributed by atoms with E-state index in [4.69, 9.17) is 0 Å². The van der Waals surface area contributed by atoms with Gasteiger partial charge < -0.3 is 0 Å². The number of benzene rings is 2. The van der Waals surface area contributed by atoms with Crippen LogP contribution in [0.25, 0.3) is 0 Å². The summed E-state index contributed by atoms with van der Waals surface area (Å²) in [5, 5.41) is 1.79. The minimum absolute atomic E-state index is 0.238. The van der Waals surface area contributed by atoms with E-state index in [9.17, 15) is 0 Å². The number of hydrogen-bond acceptors (Lipinski definition) is 0. The van der Waals surface area contributed by atoms with Crippen LogP contribution in [0.3, 0.4) is 0 Å². The van der Waals surface area contributed by atoms with Crippen LogP contribution in [0.4, 0.5) is 0 Å². The molecule has 0 aromatic heterocycles. The summed E-state index contributed by atoms with van der Waals surface area (Å²) in [5.41, 5.74) is 18.2. The molecule has 0 spiro atoms. The average molecular weight is 805 g/mol. The van der Waals surface area contributed by atoms with Crippen molar-refractivity contribution in [2.24, 2.45) is 0 Å². The van der Waals surface area contributed by atoms with Gasteiger partial charge in [-0.2, -0.15) is 0 Å². The van der Waals surface area contributed by atoms with Crippen molar-refractivity contribution in [1.29, 1.82) is 0 Å². The first-order valence-electron chi connectivity index (χ1n) is 25.7. The second-order valence-corrected chi connectivity index (χ2v) is 22.0. The Morgan fingerprint density at radius 2 is 0.534 bits per heavy atom. The van der Waals surface area contributed by atoms with Gasteiger partial charge in [0.05, 0.1) is 0 Å². The molecule has 0 unspecified atom stereocenters. The topological polar surface area (TPSA) is 0 Å². The number of rotatable bonds is 18. The van der Waals surface area contributed by atoms with E-state index in [2.05, 4.69) is 130 Å². The Morgan fingerprint density at radius 3 is 0.759 bits per heavy atom. The van der Waals surface area contributed by atoms with Crippen molar-refractivity contribution in [1.82, 2.24) is 0 Å². The van der Waals surface area contributed by atoms with E-state index in [-0.39, 0.29) is 43.3 Å². The zero-order chi connectivity index (χ0) is 42.7. The van der Waals surface area contributed by atoms with Gasteiger partial charge in [-0.05, 0) is 0 Å². The summed E-state index contributed by atoms with van der Waals surface area (Å²) in [6.45, 7) is 43.6. The molecule has 4 aliphatic carbocycles. The molecule has 0 fully saturated rings. The van der Waals surface area contributed by atoms with Crippen molar-refractivity contribution >= 4 is 25.5 Å². The molecule has 2 heteroatoms. The molecule has 0 N–H and O–H groups in total. The number of fused-ring (bicyclic) bond motifs is 4. The van der Waals surface area contributed by atoms with Gasteiger partial charge in [-0.15, -0.1) is 0 Å². The molecule has 2 aromatic carbocycles. The summed E-state index contributed by atoms with van der Waals surface area (Å²) in [7, 11) is 1.50. The van der Waals surface area contributed by atoms with E-state index in [0.29, 0.717) is 0 Å². The summed E-state index contributed by atoms with van der Waals surface area (Å²) in [4.78, 5) is 0. The normalized spacial score (nSPS) is 22.8. The third-order valence-electron chi connectivity index (χ3n) is 20.9. The molecular weight excluding hydrogens is 714 g/mol. The van der Waals surface area contributed by atoms with Gasteiger partial charge in [0, 0.05) is 0 Å². The molecule has 322 valence electrons. The van der Waals surface area contributed by atoms with E-state index in [1.54, 1.807) is 33.0 Å². The van der Waals surface area contributed by atoms with Gasteiger partial charge in [0.1, 0.15) is 0 Å². The van der Waals surface area contributed by atoms with Crippen molar-refractivity contribution in [3.8, 4) is 0 Å². The van der Waals surface area contributed by atoms with Crippen molar-refractivity contribution in [2.45, 2.75) is 283 Å². The second-order valence-electron chi connectivity index (χ2n) is 21.1. The summed E-state index contributed by atoms with van der Waals surface area (Å²) >= 11 is 0. The Bertz CT molecular complexity index is 1570. The van der Waals surface area contributed by atoms with Gasteiger partial charge in [-0.1, -0.05) is 0 Å². The van der Waals surface area contributed by atoms with Crippen LogP contribution in [0.15, 0.2) is 12.1 Å². The molecule has 0 amide bonds. The zero-order valence-electron chi connectivity index (χ0n) is 41.3. The van der Waals surface area contributed by atoms with E-state index in [1.807, 2.05) is 22.3 Å². The Kier molecular flexibility index (Phi) is 13.2. The molecule has 0 nitrogen and oxygen atoms in total. The monoisotopic (exact) mass is 805 g/mol. The van der Waals surface area contributed by atoms with Crippen LogP contribution in [0.5, 0.6) is 0 Å². The fourth-order valence-corrected chi connectivity index (χ4v) is 17.4. The average Bonchev–Trinajstić information content (AvgIpc) is 3.95. The first-order valence-corrected chi connectivity index (χ1v) is 26.7. The molecule has 0 aliphatic heterocycles. The summed E-state index contributed by atoms with van der Waals surface area (Å²) in [6, 6.07) is 5.82. The Hall–Kier alpha value is -1.20. The summed E-state index contributed by atoms with van der Waals surface area (Å²) in [5.74, 6) is 0. The van der Waals surface area contributed by atoms with Crippen molar-refractivity contribution in [3.63, 3.8) is 0 Å². The second kappa shape index (κ2) is 16.5. The summed E-state index contributed by atoms with van der Waals surface area (Å²) < 4.78 is 0. The minimum atomic E-state index is 0.238. The molecule has 2 aromatic rings. The SMILES string of the molecule is CCC1(CC)CC(CC)(CC)c2c1cc1c(c2B=Pc2c3c(cc4c2C(CC)(CC)CC4(CC)CC)C(CC)(CC)CC3(CC)CC)C(CC)(CC)CC1(CC)CC. The molecule has 0 heterocycles. The molecule has 0 saturated carbocycles. The van der Waals surface area contributed by atoms with Gasteiger partial charge in [0.15, 0.2) is 0 Å². The van der Waals surface area contributed by atoms with Gasteiger partial charge in [0.25, 0.3) is 0 Å². The number of hydrogen-bond donors (Lipinski definition) is 0. The molecule has 0 atom stereocenters. The maximum absolute atomic E-state index is 2.96. The molecular formula is C56H90BP. The zero-order valence-corrected chi connectivity index (χ0v) is 42.2. The molecule has 4 aliphatic rings. The van der Waals surface area contributed by atoms with E-state index < -0.39 is 0 Å². The van der Waals surface area contributed by atoms with Gasteiger partial charge >= 0.3 is 365 Å². The van der Waals surface area contributed by atoms with E-state index in [1.165, 1.54) is 136 Å². The third-order valence-corrected chi connectivity index (χ3v) is 22.0. The fraction of sp³-hybridized carbons (Fsp3) is 0.786. The first-order chi connectivity index (χ1) is 27.7. The van der Waals surface area contributed by atoms with Crippen LogP contribution in [0, 0.1) is 0 Å². The Balaban J connectivity index is 1.88. The van der Waals surface area contributed by atoms with Crippen LogP contribution < -0.4 is 10.8 Å². The predicted molar refractivity (Wildman–Crippen MR) is 261 cm³/mol. The quantitative estimate of drug-likeness (QED) is 0.104. The Morgan fingerprint density at radius 1 is 0.328 bits per heavy atom. The van der Waals surface area contributed by atoms with Crippen LogP contribution in [-0.4, -0.2) is 6.62 Å².